The Kier molecular flexibility index (Phi) is 3.79. The maximum absolute atomic E-state index is 11.0. The van der Waals surface area contributed by atoms with Crippen molar-refractivity contribution in [1.82, 2.24) is 0 Å². The third-order valence-corrected chi connectivity index (χ3v) is 5.35. The van der Waals surface area contributed by atoms with E-state index in [1.54, 1.807) is 12.1 Å². The van der Waals surface area contributed by atoms with Gasteiger partial charge in [-0.05, 0) is 49.3 Å². The number of hydrogen-bond acceptors (Lipinski definition) is 3. The first-order chi connectivity index (χ1) is 10.1. The monoisotopic (exact) mass is 288 g/mol. The van der Waals surface area contributed by atoms with E-state index in [9.17, 15) is 4.79 Å². The molecule has 3 N–H and O–H groups in total. The summed E-state index contributed by atoms with van der Waals surface area (Å²) in [7, 11) is 0. The van der Waals surface area contributed by atoms with E-state index in [1.165, 1.54) is 44.9 Å². The first kappa shape index (κ1) is 14.2. The van der Waals surface area contributed by atoms with Crippen molar-refractivity contribution in [1.29, 1.82) is 0 Å². The fourth-order valence-electron chi connectivity index (χ4n) is 4.00. The van der Waals surface area contributed by atoms with Crippen molar-refractivity contribution in [3.63, 3.8) is 0 Å². The number of nitrogens with two attached hydrogens (primary N) is 1. The van der Waals surface area contributed by atoms with E-state index in [-0.39, 0.29) is 5.56 Å². The highest BCUT2D eigenvalue weighted by Gasteiger charge is 2.35. The zero-order chi connectivity index (χ0) is 14.9. The van der Waals surface area contributed by atoms with Gasteiger partial charge < -0.3 is 15.7 Å². The number of aromatic carboxylic acids is 1. The molecule has 114 valence electrons. The van der Waals surface area contributed by atoms with Crippen molar-refractivity contribution in [2.45, 2.75) is 44.9 Å². The van der Waals surface area contributed by atoms with Crippen LogP contribution in [0.25, 0.3) is 0 Å². The van der Waals surface area contributed by atoms with E-state index in [0.717, 1.165) is 18.8 Å². The second-order valence-corrected chi connectivity index (χ2v) is 6.63. The van der Waals surface area contributed by atoms with Gasteiger partial charge in [-0.1, -0.05) is 19.3 Å². The van der Waals surface area contributed by atoms with Gasteiger partial charge in [0, 0.05) is 13.1 Å². The molecule has 1 aromatic carbocycles. The fraction of sp³-hybridized carbons (Fsp3) is 0.588. The van der Waals surface area contributed by atoms with Crippen LogP contribution in [0, 0.1) is 5.41 Å². The SMILES string of the molecule is Nc1cc(C(=O)O)ccc1N1CCC2(CCCCC2)CC1. The molecule has 2 fully saturated rings. The summed E-state index contributed by atoms with van der Waals surface area (Å²) in [5.74, 6) is -0.923. The summed E-state index contributed by atoms with van der Waals surface area (Å²) < 4.78 is 0. The smallest absolute Gasteiger partial charge is 0.335 e. The second kappa shape index (κ2) is 5.58. The number of carbonyl (C=O) groups is 1. The summed E-state index contributed by atoms with van der Waals surface area (Å²) in [6.45, 7) is 2.08. The molecule has 1 aliphatic heterocycles. The van der Waals surface area contributed by atoms with Gasteiger partial charge in [0.15, 0.2) is 0 Å². The zero-order valence-electron chi connectivity index (χ0n) is 12.5. The third-order valence-electron chi connectivity index (χ3n) is 5.35. The molecule has 1 spiro atoms. The summed E-state index contributed by atoms with van der Waals surface area (Å²) in [6, 6.07) is 5.08. The number of anilines is 2. The number of benzene rings is 1. The van der Waals surface area contributed by atoms with Crippen molar-refractivity contribution < 1.29 is 9.90 Å². The van der Waals surface area contributed by atoms with Crippen LogP contribution >= 0.6 is 0 Å². The molecular weight excluding hydrogens is 264 g/mol. The van der Waals surface area contributed by atoms with Crippen LogP contribution in [0.15, 0.2) is 18.2 Å². The highest BCUT2D eigenvalue weighted by atomic mass is 16.4. The number of nitrogens with zero attached hydrogens (tertiary/aromatic N) is 1. The molecule has 21 heavy (non-hydrogen) atoms. The number of nitrogen functional groups attached to an aromatic ring is 1. The Balaban J connectivity index is 1.70. The van der Waals surface area contributed by atoms with Gasteiger partial charge >= 0.3 is 5.97 Å². The van der Waals surface area contributed by atoms with Crippen LogP contribution in [-0.2, 0) is 0 Å². The lowest BCUT2D eigenvalue weighted by atomic mass is 9.68. The Morgan fingerprint density at radius 3 is 2.33 bits per heavy atom. The van der Waals surface area contributed by atoms with E-state index in [4.69, 9.17) is 10.8 Å². The molecule has 3 rings (SSSR count). The first-order valence-electron chi connectivity index (χ1n) is 7.97. The summed E-state index contributed by atoms with van der Waals surface area (Å²) in [5.41, 5.74) is 8.46. The Morgan fingerprint density at radius 2 is 1.76 bits per heavy atom. The van der Waals surface area contributed by atoms with Crippen molar-refractivity contribution in [2.24, 2.45) is 5.41 Å². The zero-order valence-corrected chi connectivity index (χ0v) is 12.5. The second-order valence-electron chi connectivity index (χ2n) is 6.63. The van der Waals surface area contributed by atoms with Crippen LogP contribution in [0.3, 0.4) is 0 Å². The van der Waals surface area contributed by atoms with E-state index in [1.807, 2.05) is 6.07 Å². The van der Waals surface area contributed by atoms with Crippen LogP contribution in [0.4, 0.5) is 11.4 Å². The van der Waals surface area contributed by atoms with E-state index in [2.05, 4.69) is 4.90 Å². The first-order valence-corrected chi connectivity index (χ1v) is 7.97. The molecule has 4 heteroatoms. The molecule has 0 amide bonds. The van der Waals surface area contributed by atoms with Crippen LogP contribution in [0.5, 0.6) is 0 Å². The molecule has 0 aromatic heterocycles. The van der Waals surface area contributed by atoms with Gasteiger partial charge in [0.2, 0.25) is 0 Å². The molecule has 0 unspecified atom stereocenters. The van der Waals surface area contributed by atoms with Gasteiger partial charge in [-0.25, -0.2) is 4.79 Å². The Labute approximate surface area is 125 Å². The summed E-state index contributed by atoms with van der Waals surface area (Å²) in [4.78, 5) is 13.3. The molecule has 2 aliphatic rings. The topological polar surface area (TPSA) is 66.6 Å². The average Bonchev–Trinajstić information content (AvgIpc) is 2.49. The number of piperidine rings is 1. The lowest BCUT2D eigenvalue weighted by Gasteiger charge is -2.45. The van der Waals surface area contributed by atoms with Gasteiger partial charge in [-0.15, -0.1) is 0 Å². The molecule has 0 atom stereocenters. The van der Waals surface area contributed by atoms with Crippen molar-refractivity contribution in [3.8, 4) is 0 Å². The summed E-state index contributed by atoms with van der Waals surface area (Å²) in [5, 5.41) is 9.01. The third kappa shape index (κ3) is 2.85. The predicted octanol–water partition coefficient (Wildman–Crippen LogP) is 3.52. The minimum absolute atomic E-state index is 0.261. The Morgan fingerprint density at radius 1 is 1.10 bits per heavy atom. The standard InChI is InChI=1S/C17H24N2O2/c18-14-12-13(16(20)21)4-5-15(14)19-10-8-17(9-11-19)6-2-1-3-7-17/h4-5,12H,1-3,6-11,18H2,(H,20,21). The van der Waals surface area contributed by atoms with Crippen LogP contribution in [0.1, 0.15) is 55.3 Å². The Hall–Kier alpha value is -1.71. The van der Waals surface area contributed by atoms with E-state index < -0.39 is 5.97 Å². The van der Waals surface area contributed by atoms with E-state index in [0.29, 0.717) is 11.1 Å². The molecule has 0 bridgehead atoms. The van der Waals surface area contributed by atoms with E-state index >= 15 is 0 Å². The molecule has 1 heterocycles. The number of hydrogen-bond donors (Lipinski definition) is 2. The summed E-state index contributed by atoms with van der Waals surface area (Å²) >= 11 is 0. The minimum atomic E-state index is -0.923. The van der Waals surface area contributed by atoms with Crippen LogP contribution < -0.4 is 10.6 Å². The number of carboxylic acids is 1. The fourth-order valence-corrected chi connectivity index (χ4v) is 4.00. The quantitative estimate of drug-likeness (QED) is 0.817. The maximum Gasteiger partial charge on any atom is 0.335 e. The molecule has 0 radical (unpaired) electrons. The maximum atomic E-state index is 11.0. The van der Waals surface area contributed by atoms with Crippen molar-refractivity contribution in [3.05, 3.63) is 23.8 Å². The number of carboxylic acid groups (broad SMARTS) is 1. The number of rotatable bonds is 2. The van der Waals surface area contributed by atoms with Gasteiger partial charge in [0.1, 0.15) is 0 Å². The molecule has 1 saturated heterocycles. The largest absolute Gasteiger partial charge is 0.478 e. The predicted molar refractivity (Wildman–Crippen MR) is 84.8 cm³/mol. The van der Waals surface area contributed by atoms with Gasteiger partial charge in [0.25, 0.3) is 0 Å². The summed E-state index contributed by atoms with van der Waals surface area (Å²) in [6.07, 6.45) is 9.42. The molecule has 4 nitrogen and oxygen atoms in total. The van der Waals surface area contributed by atoms with Gasteiger partial charge in [0.05, 0.1) is 16.9 Å². The average molecular weight is 288 g/mol. The van der Waals surface area contributed by atoms with Crippen molar-refractivity contribution >= 4 is 17.3 Å². The molecule has 1 aromatic rings. The van der Waals surface area contributed by atoms with Gasteiger partial charge in [-0.3, -0.25) is 0 Å². The molecular formula is C17H24N2O2. The lowest BCUT2D eigenvalue weighted by Crippen LogP contribution is -2.41. The molecule has 1 saturated carbocycles. The van der Waals surface area contributed by atoms with Gasteiger partial charge in [-0.2, -0.15) is 0 Å². The van der Waals surface area contributed by atoms with Crippen molar-refractivity contribution in [2.75, 3.05) is 23.7 Å². The molecule has 1 aliphatic carbocycles. The lowest BCUT2D eigenvalue weighted by molar-refractivity contribution is 0.0697. The minimum Gasteiger partial charge on any atom is -0.478 e. The normalized spacial score (nSPS) is 21.4. The Bertz CT molecular complexity index is 526. The van der Waals surface area contributed by atoms with Crippen LogP contribution in [-0.4, -0.2) is 24.2 Å². The highest BCUT2D eigenvalue weighted by molar-refractivity contribution is 5.90. The highest BCUT2D eigenvalue weighted by Crippen LogP contribution is 2.45. The van der Waals surface area contributed by atoms with Crippen LogP contribution in [0.2, 0.25) is 0 Å².